The number of nitrogens with zero attached hydrogens (tertiary/aromatic N) is 2. The lowest BCUT2D eigenvalue weighted by molar-refractivity contribution is 0.0727. The number of carbonyl (C=O) groups is 1. The van der Waals surface area contributed by atoms with Crippen LogP contribution in [0, 0.1) is 5.92 Å². The van der Waals surface area contributed by atoms with Crippen LogP contribution in [0.4, 0.5) is 0 Å². The summed E-state index contributed by atoms with van der Waals surface area (Å²) < 4.78 is 31.8. The molecule has 0 bridgehead atoms. The summed E-state index contributed by atoms with van der Waals surface area (Å²) in [5, 5.41) is 0. The van der Waals surface area contributed by atoms with Gasteiger partial charge >= 0.3 is 0 Å². The monoisotopic (exact) mass is 352 g/mol. The first kappa shape index (κ1) is 17.4. The van der Waals surface area contributed by atoms with E-state index in [0.29, 0.717) is 37.8 Å². The van der Waals surface area contributed by atoms with E-state index in [9.17, 15) is 13.2 Å². The van der Waals surface area contributed by atoms with Gasteiger partial charge in [-0.1, -0.05) is 0 Å². The number of ether oxygens (including phenoxy) is 1. The lowest BCUT2D eigenvalue weighted by atomic mass is 10.1. The van der Waals surface area contributed by atoms with Crippen LogP contribution < -0.4 is 0 Å². The standard InChI is InChI=1S/C17H24N2O4S/c1-13(14-3-4-14)18(2)17(20)15-5-7-16(8-6-15)24(21,22)19-9-11-23-12-10-19/h5-8,13-14H,3-4,9-12H2,1-2H3. The smallest absolute Gasteiger partial charge is 0.253 e. The van der Waals surface area contributed by atoms with Gasteiger partial charge in [0.25, 0.3) is 5.91 Å². The predicted molar refractivity (Wildman–Crippen MR) is 90.3 cm³/mol. The Kier molecular flexibility index (Phi) is 4.94. The first-order chi connectivity index (χ1) is 11.4. The number of amides is 1. The topological polar surface area (TPSA) is 66.9 Å². The van der Waals surface area contributed by atoms with Gasteiger partial charge < -0.3 is 9.64 Å². The molecule has 1 saturated heterocycles. The van der Waals surface area contributed by atoms with E-state index in [4.69, 9.17) is 4.74 Å². The second-order valence-corrected chi connectivity index (χ2v) is 8.47. The summed E-state index contributed by atoms with van der Waals surface area (Å²) >= 11 is 0. The van der Waals surface area contributed by atoms with Gasteiger partial charge in [-0.15, -0.1) is 0 Å². The summed E-state index contributed by atoms with van der Waals surface area (Å²) in [5.41, 5.74) is 0.519. The number of carbonyl (C=O) groups excluding carboxylic acids is 1. The maximum Gasteiger partial charge on any atom is 0.253 e. The Morgan fingerprint density at radius 3 is 2.33 bits per heavy atom. The van der Waals surface area contributed by atoms with E-state index in [1.165, 1.54) is 29.3 Å². The van der Waals surface area contributed by atoms with Crippen molar-refractivity contribution in [2.75, 3.05) is 33.4 Å². The Balaban J connectivity index is 1.73. The zero-order valence-corrected chi connectivity index (χ0v) is 15.0. The quantitative estimate of drug-likeness (QED) is 0.807. The number of benzene rings is 1. The molecule has 1 aliphatic heterocycles. The molecule has 3 rings (SSSR count). The molecule has 6 nitrogen and oxygen atoms in total. The van der Waals surface area contributed by atoms with E-state index < -0.39 is 10.0 Å². The molecule has 0 N–H and O–H groups in total. The minimum absolute atomic E-state index is 0.0651. The molecule has 24 heavy (non-hydrogen) atoms. The van der Waals surface area contributed by atoms with Gasteiger partial charge in [-0.2, -0.15) is 4.31 Å². The molecule has 1 saturated carbocycles. The van der Waals surface area contributed by atoms with Gasteiger partial charge in [0.05, 0.1) is 18.1 Å². The number of sulfonamides is 1. The van der Waals surface area contributed by atoms with Crippen molar-refractivity contribution in [3.8, 4) is 0 Å². The first-order valence-electron chi connectivity index (χ1n) is 8.36. The Hall–Kier alpha value is -1.44. The van der Waals surface area contributed by atoms with E-state index in [1.807, 2.05) is 7.05 Å². The van der Waals surface area contributed by atoms with Crippen molar-refractivity contribution in [2.45, 2.75) is 30.7 Å². The highest BCUT2D eigenvalue weighted by Gasteiger charge is 2.33. The molecule has 1 aliphatic carbocycles. The van der Waals surface area contributed by atoms with E-state index in [1.54, 1.807) is 17.0 Å². The summed E-state index contributed by atoms with van der Waals surface area (Å²) in [4.78, 5) is 14.5. The Morgan fingerprint density at radius 2 is 1.79 bits per heavy atom. The maximum atomic E-state index is 12.6. The van der Waals surface area contributed by atoms with Crippen LogP contribution in [0.25, 0.3) is 0 Å². The van der Waals surface area contributed by atoms with Crippen LogP contribution in [-0.2, 0) is 14.8 Å². The zero-order chi connectivity index (χ0) is 17.3. The zero-order valence-electron chi connectivity index (χ0n) is 14.1. The largest absolute Gasteiger partial charge is 0.379 e. The molecule has 1 heterocycles. The molecule has 1 aromatic carbocycles. The summed E-state index contributed by atoms with van der Waals surface area (Å²) in [6, 6.07) is 6.47. The molecule has 1 atom stereocenters. The van der Waals surface area contributed by atoms with Gasteiger partial charge in [-0.05, 0) is 49.9 Å². The highest BCUT2D eigenvalue weighted by molar-refractivity contribution is 7.89. The van der Waals surface area contributed by atoms with E-state index in [-0.39, 0.29) is 16.8 Å². The van der Waals surface area contributed by atoms with Crippen LogP contribution in [0.2, 0.25) is 0 Å². The fourth-order valence-electron chi connectivity index (χ4n) is 2.99. The van der Waals surface area contributed by atoms with Crippen LogP contribution in [0.15, 0.2) is 29.2 Å². The number of hydrogen-bond donors (Lipinski definition) is 0. The second kappa shape index (κ2) is 6.82. The molecule has 0 spiro atoms. The lowest BCUT2D eigenvalue weighted by Crippen LogP contribution is -2.40. The van der Waals surface area contributed by atoms with Crippen molar-refractivity contribution in [1.82, 2.24) is 9.21 Å². The van der Waals surface area contributed by atoms with Crippen molar-refractivity contribution in [3.05, 3.63) is 29.8 Å². The van der Waals surface area contributed by atoms with Crippen molar-refractivity contribution >= 4 is 15.9 Å². The van der Waals surface area contributed by atoms with Crippen LogP contribution >= 0.6 is 0 Å². The fourth-order valence-corrected chi connectivity index (χ4v) is 4.40. The third kappa shape index (κ3) is 3.48. The third-order valence-corrected chi connectivity index (χ3v) is 6.86. The average molecular weight is 352 g/mol. The van der Waals surface area contributed by atoms with Gasteiger partial charge in [0.2, 0.25) is 10.0 Å². The van der Waals surface area contributed by atoms with Gasteiger partial charge in [0.15, 0.2) is 0 Å². The summed E-state index contributed by atoms with van der Waals surface area (Å²) in [5.74, 6) is 0.532. The summed E-state index contributed by atoms with van der Waals surface area (Å²) in [7, 11) is -1.71. The number of hydrogen-bond acceptors (Lipinski definition) is 4. The van der Waals surface area contributed by atoms with Crippen LogP contribution in [0.3, 0.4) is 0 Å². The molecule has 2 aliphatic rings. The second-order valence-electron chi connectivity index (χ2n) is 6.53. The fraction of sp³-hybridized carbons (Fsp3) is 0.588. The molecule has 2 fully saturated rings. The SMILES string of the molecule is CC(C1CC1)N(C)C(=O)c1ccc(S(=O)(=O)N2CCOCC2)cc1. The van der Waals surface area contributed by atoms with E-state index >= 15 is 0 Å². The van der Waals surface area contributed by atoms with E-state index in [2.05, 4.69) is 6.92 Å². The highest BCUT2D eigenvalue weighted by atomic mass is 32.2. The van der Waals surface area contributed by atoms with Gasteiger partial charge in [-0.3, -0.25) is 4.79 Å². The maximum absolute atomic E-state index is 12.6. The molecule has 1 amide bonds. The Morgan fingerprint density at radius 1 is 1.21 bits per heavy atom. The van der Waals surface area contributed by atoms with Crippen molar-refractivity contribution in [2.24, 2.45) is 5.92 Å². The van der Waals surface area contributed by atoms with Crippen molar-refractivity contribution in [3.63, 3.8) is 0 Å². The molecule has 1 unspecified atom stereocenters. The van der Waals surface area contributed by atoms with Crippen LogP contribution in [0.1, 0.15) is 30.1 Å². The highest BCUT2D eigenvalue weighted by Crippen LogP contribution is 2.35. The normalized spacial score (nSPS) is 20.6. The van der Waals surface area contributed by atoms with Crippen molar-refractivity contribution in [1.29, 1.82) is 0 Å². The minimum Gasteiger partial charge on any atom is -0.379 e. The summed E-state index contributed by atoms with van der Waals surface area (Å²) in [6.45, 7) is 3.63. The Bertz CT molecular complexity index is 692. The molecule has 1 aromatic rings. The predicted octanol–water partition coefficient (Wildman–Crippen LogP) is 1.58. The molecule has 0 radical (unpaired) electrons. The van der Waals surface area contributed by atoms with Crippen molar-refractivity contribution < 1.29 is 17.9 Å². The lowest BCUT2D eigenvalue weighted by Gasteiger charge is -2.26. The van der Waals surface area contributed by atoms with Gasteiger partial charge in [0.1, 0.15) is 0 Å². The van der Waals surface area contributed by atoms with Crippen LogP contribution in [-0.4, -0.2) is 62.9 Å². The average Bonchev–Trinajstić information content (AvgIpc) is 3.46. The molecule has 0 aromatic heterocycles. The van der Waals surface area contributed by atoms with Gasteiger partial charge in [0, 0.05) is 31.7 Å². The van der Waals surface area contributed by atoms with E-state index in [0.717, 1.165) is 0 Å². The molecule has 7 heteroatoms. The molecule has 132 valence electrons. The number of morpholine rings is 1. The third-order valence-electron chi connectivity index (χ3n) is 4.94. The molecular weight excluding hydrogens is 328 g/mol. The summed E-state index contributed by atoms with van der Waals surface area (Å²) in [6.07, 6.45) is 2.35. The van der Waals surface area contributed by atoms with Gasteiger partial charge in [-0.25, -0.2) is 8.42 Å². The number of rotatable bonds is 5. The molecular formula is C17H24N2O4S. The minimum atomic E-state index is -3.52. The first-order valence-corrected chi connectivity index (χ1v) is 9.80. The van der Waals surface area contributed by atoms with Crippen LogP contribution in [0.5, 0.6) is 0 Å². The Labute approximate surface area is 143 Å².